The van der Waals surface area contributed by atoms with E-state index in [1.165, 1.54) is 17.7 Å². The fourth-order valence-electron chi connectivity index (χ4n) is 4.09. The molecule has 3 aromatic carbocycles. The van der Waals surface area contributed by atoms with Gasteiger partial charge in [-0.15, -0.1) is 5.10 Å². The minimum Gasteiger partial charge on any atom is -0.390 e. The van der Waals surface area contributed by atoms with Gasteiger partial charge in [-0.3, -0.25) is 4.79 Å². The number of aliphatic hydroxyl groups excluding tert-OH is 1. The molecule has 0 saturated carbocycles. The Morgan fingerprint density at radius 2 is 1.70 bits per heavy atom. The third-order valence-electron chi connectivity index (χ3n) is 5.98. The second-order valence-electron chi connectivity index (χ2n) is 8.75. The predicted molar refractivity (Wildman–Crippen MR) is 140 cm³/mol. The maximum atomic E-state index is 13.8. The van der Waals surface area contributed by atoms with Gasteiger partial charge in [-0.2, -0.15) is 0 Å². The largest absolute Gasteiger partial charge is 0.390 e. The molecular formula is C28H28F2N4O2S. The summed E-state index contributed by atoms with van der Waals surface area (Å²) in [7, 11) is 0. The number of aryl methyl sites for hydroxylation is 1. The van der Waals surface area contributed by atoms with Crippen LogP contribution in [-0.4, -0.2) is 39.3 Å². The van der Waals surface area contributed by atoms with E-state index in [1.807, 2.05) is 42.5 Å². The third-order valence-corrected chi connectivity index (χ3v) is 6.71. The van der Waals surface area contributed by atoms with Gasteiger partial charge < -0.3 is 15.7 Å². The van der Waals surface area contributed by atoms with Crippen LogP contribution >= 0.6 is 11.5 Å². The van der Waals surface area contributed by atoms with Crippen LogP contribution in [0.5, 0.6) is 0 Å². The lowest BCUT2D eigenvalue weighted by atomic mass is 10.00. The van der Waals surface area contributed by atoms with E-state index in [0.29, 0.717) is 17.8 Å². The predicted octanol–water partition coefficient (Wildman–Crippen LogP) is 4.54. The van der Waals surface area contributed by atoms with Gasteiger partial charge in [0.05, 0.1) is 12.1 Å². The number of nitrogens with one attached hydrogen (secondary N) is 2. The molecule has 192 valence electrons. The van der Waals surface area contributed by atoms with Crippen molar-refractivity contribution in [1.82, 2.24) is 20.2 Å². The Labute approximate surface area is 218 Å². The van der Waals surface area contributed by atoms with Gasteiger partial charge in [-0.25, -0.2) is 8.78 Å². The summed E-state index contributed by atoms with van der Waals surface area (Å²) in [6, 6.07) is 19.7. The first kappa shape index (κ1) is 26.5. The average molecular weight is 523 g/mol. The zero-order valence-electron chi connectivity index (χ0n) is 20.3. The summed E-state index contributed by atoms with van der Waals surface area (Å²) in [6.45, 7) is 2.77. The molecule has 0 radical (unpaired) electrons. The molecule has 4 aromatic rings. The molecule has 0 unspecified atom stereocenters. The van der Waals surface area contributed by atoms with E-state index in [4.69, 9.17) is 0 Å². The van der Waals surface area contributed by atoms with E-state index >= 15 is 0 Å². The van der Waals surface area contributed by atoms with E-state index in [1.54, 1.807) is 0 Å². The topological polar surface area (TPSA) is 87.1 Å². The van der Waals surface area contributed by atoms with Crippen LogP contribution < -0.4 is 10.6 Å². The van der Waals surface area contributed by atoms with Crippen molar-refractivity contribution >= 4 is 17.4 Å². The standard InChI is InChI=1S/C28H28F2N4O2S/c1-2-18-7-6-8-19(11-18)16-31-17-25(35)24(14-20-12-22(29)15-23(30)13-20)32-28(36)27-26(33-34-37-27)21-9-4-3-5-10-21/h3-13,15,24-25,31,35H,2,14,16-17H2,1H3,(H,32,36)/t24-,25-/m0/s1. The summed E-state index contributed by atoms with van der Waals surface area (Å²) in [5.41, 5.74) is 3.78. The highest BCUT2D eigenvalue weighted by Crippen LogP contribution is 2.24. The molecule has 0 spiro atoms. The first-order chi connectivity index (χ1) is 17.9. The first-order valence-electron chi connectivity index (χ1n) is 12.0. The van der Waals surface area contributed by atoms with Gasteiger partial charge in [0.25, 0.3) is 5.91 Å². The lowest BCUT2D eigenvalue weighted by molar-refractivity contribution is 0.0834. The molecule has 4 rings (SSSR count). The first-order valence-corrected chi connectivity index (χ1v) is 12.8. The maximum absolute atomic E-state index is 13.8. The van der Waals surface area contributed by atoms with Crippen molar-refractivity contribution in [2.45, 2.75) is 38.5 Å². The van der Waals surface area contributed by atoms with Gasteiger partial charge in [0.15, 0.2) is 0 Å². The lowest BCUT2D eigenvalue weighted by Crippen LogP contribution is -2.48. The smallest absolute Gasteiger partial charge is 0.265 e. The molecule has 2 atom stereocenters. The van der Waals surface area contributed by atoms with Crippen LogP contribution in [-0.2, 0) is 19.4 Å². The van der Waals surface area contributed by atoms with Gasteiger partial charge in [0, 0.05) is 24.7 Å². The van der Waals surface area contributed by atoms with Gasteiger partial charge in [0.1, 0.15) is 22.2 Å². The maximum Gasteiger partial charge on any atom is 0.265 e. The van der Waals surface area contributed by atoms with Gasteiger partial charge in [-0.05, 0) is 53.2 Å². The van der Waals surface area contributed by atoms with Gasteiger partial charge in [0.2, 0.25) is 0 Å². The van der Waals surface area contributed by atoms with Crippen LogP contribution in [0.15, 0.2) is 72.8 Å². The number of benzene rings is 3. The normalized spacial score (nSPS) is 12.8. The van der Waals surface area contributed by atoms with Gasteiger partial charge in [-0.1, -0.05) is 66.0 Å². The number of aliphatic hydroxyl groups is 1. The SMILES string of the molecule is CCc1cccc(CNC[C@H](O)[C@H](Cc2cc(F)cc(F)c2)NC(=O)c2snnc2-c2ccccc2)c1. The van der Waals surface area contributed by atoms with Crippen molar-refractivity contribution in [3.05, 3.63) is 106 Å². The second-order valence-corrected chi connectivity index (χ2v) is 9.50. The van der Waals surface area contributed by atoms with E-state index in [2.05, 4.69) is 39.3 Å². The molecule has 1 aromatic heterocycles. The summed E-state index contributed by atoms with van der Waals surface area (Å²) < 4.78 is 31.6. The quantitative estimate of drug-likeness (QED) is 0.269. The highest BCUT2D eigenvalue weighted by atomic mass is 32.1. The minimum atomic E-state index is -1.04. The Hall–Kier alpha value is -3.53. The van der Waals surface area contributed by atoms with E-state index < -0.39 is 29.7 Å². The Bertz CT molecular complexity index is 1310. The molecule has 0 fully saturated rings. The lowest BCUT2D eigenvalue weighted by Gasteiger charge is -2.25. The summed E-state index contributed by atoms with van der Waals surface area (Å²) in [4.78, 5) is 13.5. The summed E-state index contributed by atoms with van der Waals surface area (Å²) >= 11 is 0.946. The second kappa shape index (κ2) is 12.6. The molecule has 3 N–H and O–H groups in total. The van der Waals surface area contributed by atoms with Crippen molar-refractivity contribution in [2.24, 2.45) is 0 Å². The van der Waals surface area contributed by atoms with Crippen molar-refractivity contribution in [2.75, 3.05) is 6.54 Å². The number of aromatic nitrogens is 2. The average Bonchev–Trinajstić information content (AvgIpc) is 3.39. The molecular weight excluding hydrogens is 494 g/mol. The molecule has 1 amide bonds. The van der Waals surface area contributed by atoms with Crippen LogP contribution in [0.2, 0.25) is 0 Å². The highest BCUT2D eigenvalue weighted by Gasteiger charge is 2.26. The number of amides is 1. The number of carbonyl (C=O) groups is 1. The Kier molecular flexibility index (Phi) is 9.05. The van der Waals surface area contributed by atoms with Crippen molar-refractivity contribution in [3.8, 4) is 11.3 Å². The van der Waals surface area contributed by atoms with Crippen LogP contribution in [0, 0.1) is 11.6 Å². The molecule has 6 nitrogen and oxygen atoms in total. The molecule has 9 heteroatoms. The Balaban J connectivity index is 1.50. The molecule has 0 aliphatic heterocycles. The molecule has 0 aliphatic carbocycles. The molecule has 1 heterocycles. The number of rotatable bonds is 11. The van der Waals surface area contributed by atoms with E-state index in [-0.39, 0.29) is 17.8 Å². The molecule has 0 bridgehead atoms. The minimum absolute atomic E-state index is 0.0293. The zero-order chi connectivity index (χ0) is 26.2. The number of halogens is 2. The Morgan fingerprint density at radius 1 is 0.973 bits per heavy atom. The van der Waals surface area contributed by atoms with E-state index in [0.717, 1.165) is 35.1 Å². The monoisotopic (exact) mass is 522 g/mol. The van der Waals surface area contributed by atoms with Crippen molar-refractivity contribution in [1.29, 1.82) is 0 Å². The van der Waals surface area contributed by atoms with Crippen LogP contribution in [0.3, 0.4) is 0 Å². The summed E-state index contributed by atoms with van der Waals surface area (Å²) in [6.07, 6.45) is -0.0844. The number of hydrogen-bond acceptors (Lipinski definition) is 6. The zero-order valence-corrected chi connectivity index (χ0v) is 21.1. The fraction of sp³-hybridized carbons (Fsp3) is 0.250. The van der Waals surface area contributed by atoms with Crippen LogP contribution in [0.25, 0.3) is 11.3 Å². The molecule has 0 saturated heterocycles. The summed E-state index contributed by atoms with van der Waals surface area (Å²) in [5, 5.41) is 21.2. The Morgan fingerprint density at radius 3 is 2.43 bits per heavy atom. The number of hydrogen-bond donors (Lipinski definition) is 3. The molecule has 37 heavy (non-hydrogen) atoms. The number of carbonyl (C=O) groups excluding carboxylic acids is 1. The van der Waals surface area contributed by atoms with Gasteiger partial charge >= 0.3 is 0 Å². The van der Waals surface area contributed by atoms with Crippen LogP contribution in [0.4, 0.5) is 8.78 Å². The molecule has 0 aliphatic rings. The highest BCUT2D eigenvalue weighted by molar-refractivity contribution is 7.08. The number of nitrogens with zero attached hydrogens (tertiary/aromatic N) is 2. The van der Waals surface area contributed by atoms with Crippen molar-refractivity contribution in [3.63, 3.8) is 0 Å². The third kappa shape index (κ3) is 7.25. The fourth-order valence-corrected chi connectivity index (χ4v) is 4.68. The summed E-state index contributed by atoms with van der Waals surface area (Å²) in [5.74, 6) is -1.91. The van der Waals surface area contributed by atoms with Crippen LogP contribution in [0.1, 0.15) is 33.3 Å². The van der Waals surface area contributed by atoms with Crippen molar-refractivity contribution < 1.29 is 18.7 Å². The van der Waals surface area contributed by atoms with E-state index in [9.17, 15) is 18.7 Å².